The van der Waals surface area contributed by atoms with E-state index < -0.39 is 11.9 Å². The first-order valence-electron chi connectivity index (χ1n) is 10.7. The van der Waals surface area contributed by atoms with Crippen molar-refractivity contribution in [2.45, 2.75) is 0 Å². The van der Waals surface area contributed by atoms with Gasteiger partial charge >= 0.3 is 5.97 Å². The summed E-state index contributed by atoms with van der Waals surface area (Å²) in [7, 11) is 5.74. The highest BCUT2D eigenvalue weighted by atomic mass is 16.5. The molecular formula is C27H24N2O6. The van der Waals surface area contributed by atoms with Gasteiger partial charge < -0.3 is 24.3 Å². The van der Waals surface area contributed by atoms with Gasteiger partial charge in [-0.25, -0.2) is 9.78 Å². The Balaban J connectivity index is 1.86. The number of nitrogens with zero attached hydrogens (tertiary/aromatic N) is 1. The van der Waals surface area contributed by atoms with Crippen LogP contribution in [0.1, 0.15) is 20.7 Å². The molecule has 0 saturated carbocycles. The van der Waals surface area contributed by atoms with Crippen LogP contribution in [-0.4, -0.2) is 45.3 Å². The number of carbonyl (C=O) groups excluding carboxylic acids is 2. The molecule has 0 unspecified atom stereocenters. The number of fused-ring (bicyclic) bond motifs is 1. The minimum absolute atomic E-state index is 0.123. The average molecular weight is 472 g/mol. The zero-order valence-electron chi connectivity index (χ0n) is 19.7. The molecule has 3 aromatic carbocycles. The molecule has 35 heavy (non-hydrogen) atoms. The monoisotopic (exact) mass is 472 g/mol. The van der Waals surface area contributed by atoms with E-state index in [1.165, 1.54) is 33.5 Å². The molecule has 1 amide bonds. The van der Waals surface area contributed by atoms with Crippen molar-refractivity contribution in [3.63, 3.8) is 0 Å². The van der Waals surface area contributed by atoms with E-state index in [0.29, 0.717) is 39.4 Å². The van der Waals surface area contributed by atoms with Crippen LogP contribution in [0.25, 0.3) is 22.2 Å². The van der Waals surface area contributed by atoms with E-state index in [1.54, 1.807) is 31.4 Å². The number of carbonyl (C=O) groups is 2. The van der Waals surface area contributed by atoms with E-state index >= 15 is 0 Å². The van der Waals surface area contributed by atoms with E-state index in [2.05, 4.69) is 5.32 Å². The second kappa shape index (κ2) is 10.1. The predicted molar refractivity (Wildman–Crippen MR) is 133 cm³/mol. The van der Waals surface area contributed by atoms with E-state index in [1.807, 2.05) is 30.3 Å². The third-order valence-corrected chi connectivity index (χ3v) is 5.51. The van der Waals surface area contributed by atoms with Crippen LogP contribution in [0.3, 0.4) is 0 Å². The number of pyridine rings is 1. The van der Waals surface area contributed by atoms with Gasteiger partial charge in [0.1, 0.15) is 5.75 Å². The van der Waals surface area contributed by atoms with E-state index in [-0.39, 0.29) is 11.3 Å². The summed E-state index contributed by atoms with van der Waals surface area (Å²) in [5, 5.41) is 3.43. The average Bonchev–Trinajstić information content (AvgIpc) is 2.91. The lowest BCUT2D eigenvalue weighted by atomic mass is 10.0. The summed E-state index contributed by atoms with van der Waals surface area (Å²) in [4.78, 5) is 30.8. The molecule has 0 bridgehead atoms. The molecule has 1 aromatic heterocycles. The maximum absolute atomic E-state index is 13.6. The molecule has 8 heteroatoms. The van der Waals surface area contributed by atoms with Gasteiger partial charge in [-0.2, -0.15) is 0 Å². The highest BCUT2D eigenvalue weighted by molar-refractivity contribution is 6.15. The normalized spacial score (nSPS) is 10.5. The maximum Gasteiger partial charge on any atom is 0.340 e. The molecule has 0 saturated heterocycles. The van der Waals surface area contributed by atoms with E-state index in [0.717, 1.165) is 5.56 Å². The number of hydrogen-bond donors (Lipinski definition) is 1. The van der Waals surface area contributed by atoms with Crippen LogP contribution < -0.4 is 19.5 Å². The number of rotatable bonds is 7. The van der Waals surface area contributed by atoms with Crippen LogP contribution in [0.4, 0.5) is 5.69 Å². The minimum Gasteiger partial charge on any atom is -0.497 e. The largest absolute Gasteiger partial charge is 0.497 e. The van der Waals surface area contributed by atoms with Crippen molar-refractivity contribution in [2.24, 2.45) is 0 Å². The topological polar surface area (TPSA) is 96.0 Å². The lowest BCUT2D eigenvalue weighted by molar-refractivity contribution is 0.0601. The third kappa shape index (κ3) is 4.72. The predicted octanol–water partition coefficient (Wildman–Crippen LogP) is 4.97. The fourth-order valence-electron chi connectivity index (χ4n) is 3.73. The molecule has 0 aliphatic rings. The molecule has 4 aromatic rings. The number of nitrogens with one attached hydrogen (secondary N) is 1. The molecule has 0 atom stereocenters. The molecular weight excluding hydrogens is 448 g/mol. The Morgan fingerprint density at radius 3 is 2.14 bits per heavy atom. The summed E-state index contributed by atoms with van der Waals surface area (Å²) in [5.41, 5.74) is 2.82. The van der Waals surface area contributed by atoms with Crippen LogP contribution in [-0.2, 0) is 4.74 Å². The highest BCUT2D eigenvalue weighted by Gasteiger charge is 2.21. The van der Waals surface area contributed by atoms with Gasteiger partial charge in [-0.3, -0.25) is 4.79 Å². The Labute approximate surface area is 202 Å². The van der Waals surface area contributed by atoms with Crippen LogP contribution >= 0.6 is 0 Å². The molecule has 0 spiro atoms. The quantitative estimate of drug-likeness (QED) is 0.380. The van der Waals surface area contributed by atoms with Crippen molar-refractivity contribution in [3.8, 4) is 28.5 Å². The molecule has 0 aliphatic heterocycles. The number of amides is 1. The summed E-state index contributed by atoms with van der Waals surface area (Å²) in [6.07, 6.45) is 0. The molecule has 0 fully saturated rings. The molecule has 8 nitrogen and oxygen atoms in total. The third-order valence-electron chi connectivity index (χ3n) is 5.51. The van der Waals surface area contributed by atoms with Crippen molar-refractivity contribution in [1.82, 2.24) is 4.98 Å². The summed E-state index contributed by atoms with van der Waals surface area (Å²) >= 11 is 0. The van der Waals surface area contributed by atoms with Crippen LogP contribution in [0.5, 0.6) is 17.2 Å². The Morgan fingerprint density at radius 1 is 0.771 bits per heavy atom. The Hall–Kier alpha value is -4.59. The summed E-state index contributed by atoms with van der Waals surface area (Å²) in [6.45, 7) is 0. The molecule has 4 rings (SSSR count). The fourth-order valence-corrected chi connectivity index (χ4v) is 3.73. The van der Waals surface area contributed by atoms with Gasteiger partial charge in [-0.1, -0.05) is 30.3 Å². The Morgan fingerprint density at radius 2 is 1.49 bits per heavy atom. The number of hydrogen-bond acceptors (Lipinski definition) is 7. The summed E-state index contributed by atoms with van der Waals surface area (Å²) in [5.74, 6) is 0.188. The number of aromatic nitrogens is 1. The van der Waals surface area contributed by atoms with Crippen LogP contribution in [0, 0.1) is 0 Å². The first kappa shape index (κ1) is 23.6. The molecule has 1 heterocycles. The van der Waals surface area contributed by atoms with Gasteiger partial charge in [0.25, 0.3) is 5.91 Å². The van der Waals surface area contributed by atoms with Crippen molar-refractivity contribution in [2.75, 3.05) is 33.8 Å². The second-order valence-electron chi connectivity index (χ2n) is 7.50. The van der Waals surface area contributed by atoms with E-state index in [9.17, 15) is 9.59 Å². The Kier molecular flexibility index (Phi) is 6.82. The lowest BCUT2D eigenvalue weighted by Crippen LogP contribution is -2.16. The smallest absolute Gasteiger partial charge is 0.340 e. The molecule has 0 aliphatic carbocycles. The van der Waals surface area contributed by atoms with Gasteiger partial charge in [-0.15, -0.1) is 0 Å². The zero-order chi connectivity index (χ0) is 24.9. The molecule has 0 radical (unpaired) electrons. The Bertz CT molecular complexity index is 1400. The van der Waals surface area contributed by atoms with Gasteiger partial charge in [0.05, 0.1) is 56.5 Å². The molecule has 1 N–H and O–H groups in total. The van der Waals surface area contributed by atoms with Crippen LogP contribution in [0.2, 0.25) is 0 Å². The number of benzene rings is 3. The van der Waals surface area contributed by atoms with Gasteiger partial charge in [0.15, 0.2) is 11.5 Å². The van der Waals surface area contributed by atoms with Crippen molar-refractivity contribution in [1.29, 1.82) is 0 Å². The highest BCUT2D eigenvalue weighted by Crippen LogP contribution is 2.35. The first-order chi connectivity index (χ1) is 17.0. The summed E-state index contributed by atoms with van der Waals surface area (Å²) < 4.78 is 20.9. The summed E-state index contributed by atoms with van der Waals surface area (Å²) in [6, 6.07) is 19.6. The maximum atomic E-state index is 13.6. The van der Waals surface area contributed by atoms with Gasteiger partial charge in [-0.05, 0) is 24.3 Å². The van der Waals surface area contributed by atoms with E-state index in [4.69, 9.17) is 23.9 Å². The number of anilines is 1. The number of ether oxygens (including phenoxy) is 4. The SMILES string of the molecule is COC(=O)c1cc(OC)c(OC)cc1NC(=O)c1cc(-c2ccccc2)nc2ccc(OC)cc12. The standard InChI is InChI=1S/C27H24N2O6/c1-32-17-10-11-21-18(12-17)19(13-22(28-21)16-8-6-5-7-9-16)26(30)29-23-15-25(34-3)24(33-2)14-20(23)27(31)35-4/h5-15H,1-4H3,(H,29,30). The van der Waals surface area contributed by atoms with Crippen molar-refractivity contribution >= 4 is 28.5 Å². The molecule has 178 valence electrons. The lowest BCUT2D eigenvalue weighted by Gasteiger charge is -2.16. The van der Waals surface area contributed by atoms with Crippen molar-refractivity contribution < 1.29 is 28.5 Å². The van der Waals surface area contributed by atoms with Crippen molar-refractivity contribution in [3.05, 3.63) is 77.9 Å². The number of methoxy groups -OCH3 is 4. The number of esters is 1. The fraction of sp³-hybridized carbons (Fsp3) is 0.148. The van der Waals surface area contributed by atoms with Gasteiger partial charge in [0.2, 0.25) is 0 Å². The minimum atomic E-state index is -0.632. The first-order valence-corrected chi connectivity index (χ1v) is 10.7. The van der Waals surface area contributed by atoms with Crippen LogP contribution in [0.15, 0.2) is 66.7 Å². The zero-order valence-corrected chi connectivity index (χ0v) is 19.7. The van der Waals surface area contributed by atoms with Gasteiger partial charge in [0, 0.05) is 23.1 Å². The second-order valence-corrected chi connectivity index (χ2v) is 7.50.